The van der Waals surface area contributed by atoms with Gasteiger partial charge in [-0.3, -0.25) is 10.1 Å². The Balaban J connectivity index is 2.41. The molecular formula is C11H9ClN2O4. The summed E-state index contributed by atoms with van der Waals surface area (Å²) in [6, 6.07) is 2.36. The second-order valence-corrected chi connectivity index (χ2v) is 3.93. The molecule has 0 radical (unpaired) electrons. The molecule has 1 heterocycles. The molecule has 0 unspecified atom stereocenters. The molecule has 0 aliphatic carbocycles. The summed E-state index contributed by atoms with van der Waals surface area (Å²) in [6.07, 6.45) is 1.42. The maximum atomic E-state index is 11.3. The normalized spacial score (nSPS) is 16.7. The van der Waals surface area contributed by atoms with Crippen LogP contribution < -0.4 is 15.4 Å². The number of urea groups is 1. The van der Waals surface area contributed by atoms with Gasteiger partial charge in [-0.1, -0.05) is 11.6 Å². The van der Waals surface area contributed by atoms with E-state index in [-0.39, 0.29) is 22.2 Å². The summed E-state index contributed by atoms with van der Waals surface area (Å²) >= 11 is 5.80. The second-order valence-electron chi connectivity index (χ2n) is 3.52. The number of aromatic hydroxyl groups is 1. The van der Waals surface area contributed by atoms with E-state index in [1.165, 1.54) is 25.3 Å². The number of phenols is 1. The maximum absolute atomic E-state index is 11.3. The minimum atomic E-state index is -0.580. The van der Waals surface area contributed by atoms with E-state index < -0.39 is 11.9 Å². The van der Waals surface area contributed by atoms with Crippen molar-refractivity contribution in [3.05, 3.63) is 28.4 Å². The molecular weight excluding hydrogens is 260 g/mol. The zero-order valence-corrected chi connectivity index (χ0v) is 10.0. The SMILES string of the molecule is COc1cc(C=C2NC(=O)NC2=O)cc(Cl)c1O. The minimum absolute atomic E-state index is 0.0888. The standard InChI is InChI=1S/C11H9ClN2O4/c1-18-8-4-5(2-6(12)9(8)15)3-7-10(16)14-11(17)13-7/h2-4,15H,1H3,(H2,13,14,16,17). The third kappa shape index (κ3) is 2.23. The molecule has 3 amide bonds. The molecule has 18 heavy (non-hydrogen) atoms. The molecule has 1 fully saturated rings. The molecule has 2 rings (SSSR count). The van der Waals surface area contributed by atoms with E-state index >= 15 is 0 Å². The highest BCUT2D eigenvalue weighted by molar-refractivity contribution is 6.32. The van der Waals surface area contributed by atoms with Crippen LogP contribution in [0, 0.1) is 0 Å². The summed E-state index contributed by atoms with van der Waals surface area (Å²) in [6.45, 7) is 0. The number of rotatable bonds is 2. The topological polar surface area (TPSA) is 87.7 Å². The van der Waals surface area contributed by atoms with Crippen molar-refractivity contribution in [3.8, 4) is 11.5 Å². The molecule has 1 saturated heterocycles. The van der Waals surface area contributed by atoms with Gasteiger partial charge in [-0.25, -0.2) is 4.79 Å². The van der Waals surface area contributed by atoms with Crippen molar-refractivity contribution in [2.45, 2.75) is 0 Å². The Morgan fingerprint density at radius 1 is 1.33 bits per heavy atom. The number of methoxy groups -OCH3 is 1. The van der Waals surface area contributed by atoms with Gasteiger partial charge < -0.3 is 15.2 Å². The number of halogens is 1. The van der Waals surface area contributed by atoms with Crippen LogP contribution in [0.3, 0.4) is 0 Å². The highest BCUT2D eigenvalue weighted by atomic mass is 35.5. The number of benzene rings is 1. The van der Waals surface area contributed by atoms with Crippen molar-refractivity contribution in [3.63, 3.8) is 0 Å². The van der Waals surface area contributed by atoms with Gasteiger partial charge >= 0.3 is 6.03 Å². The Kier molecular flexibility index (Phi) is 3.12. The van der Waals surface area contributed by atoms with E-state index in [0.29, 0.717) is 5.56 Å². The number of carbonyl (C=O) groups is 2. The smallest absolute Gasteiger partial charge is 0.326 e. The molecule has 94 valence electrons. The molecule has 1 aromatic carbocycles. The van der Waals surface area contributed by atoms with Crippen LogP contribution in [0.2, 0.25) is 5.02 Å². The molecule has 0 spiro atoms. The number of amides is 3. The Morgan fingerprint density at radius 3 is 2.61 bits per heavy atom. The van der Waals surface area contributed by atoms with E-state index in [4.69, 9.17) is 16.3 Å². The zero-order valence-electron chi connectivity index (χ0n) is 9.28. The zero-order chi connectivity index (χ0) is 13.3. The number of carbonyl (C=O) groups excluding carboxylic acids is 2. The Labute approximate surface area is 107 Å². The van der Waals surface area contributed by atoms with Crippen molar-refractivity contribution in [1.82, 2.24) is 10.6 Å². The van der Waals surface area contributed by atoms with Crippen LogP contribution in [0.15, 0.2) is 17.8 Å². The van der Waals surface area contributed by atoms with E-state index in [9.17, 15) is 14.7 Å². The number of imide groups is 1. The summed E-state index contributed by atoms with van der Waals surface area (Å²) in [4.78, 5) is 22.2. The number of hydrogen-bond donors (Lipinski definition) is 3. The van der Waals surface area contributed by atoms with Gasteiger partial charge in [-0.05, 0) is 23.8 Å². The molecule has 6 nitrogen and oxygen atoms in total. The molecule has 7 heteroatoms. The van der Waals surface area contributed by atoms with Gasteiger partial charge in [0, 0.05) is 0 Å². The summed E-state index contributed by atoms with van der Waals surface area (Å²) in [5.74, 6) is -0.525. The summed E-state index contributed by atoms with van der Waals surface area (Å²) in [7, 11) is 1.38. The molecule has 0 bridgehead atoms. The third-order valence-corrected chi connectivity index (χ3v) is 2.59. The van der Waals surface area contributed by atoms with Crippen molar-refractivity contribution >= 4 is 29.6 Å². The molecule has 0 saturated carbocycles. The summed E-state index contributed by atoms with van der Waals surface area (Å²) in [5, 5.41) is 14.0. The number of phenolic OH excluding ortho intramolecular Hbond substituents is 1. The van der Waals surface area contributed by atoms with Crippen molar-refractivity contribution in [1.29, 1.82) is 0 Å². The highest BCUT2D eigenvalue weighted by Gasteiger charge is 2.23. The van der Waals surface area contributed by atoms with Crippen LogP contribution in [0.25, 0.3) is 6.08 Å². The first-order valence-electron chi connectivity index (χ1n) is 4.92. The van der Waals surface area contributed by atoms with Gasteiger partial charge in [0.05, 0.1) is 12.1 Å². The average molecular weight is 269 g/mol. The van der Waals surface area contributed by atoms with Gasteiger partial charge in [-0.2, -0.15) is 0 Å². The molecule has 3 N–H and O–H groups in total. The predicted molar refractivity (Wildman–Crippen MR) is 64.3 cm³/mol. The molecule has 0 atom stereocenters. The fourth-order valence-electron chi connectivity index (χ4n) is 1.48. The first kappa shape index (κ1) is 12.3. The van der Waals surface area contributed by atoms with E-state index in [2.05, 4.69) is 10.6 Å². The number of nitrogens with one attached hydrogen (secondary N) is 2. The van der Waals surface area contributed by atoms with Crippen molar-refractivity contribution < 1.29 is 19.4 Å². The first-order chi connectivity index (χ1) is 8.51. The average Bonchev–Trinajstić information content (AvgIpc) is 2.62. The second kappa shape index (κ2) is 4.58. The third-order valence-electron chi connectivity index (χ3n) is 2.30. The van der Waals surface area contributed by atoms with Crippen LogP contribution in [0.5, 0.6) is 11.5 Å². The molecule has 1 aliphatic rings. The van der Waals surface area contributed by atoms with Crippen LogP contribution in [-0.2, 0) is 4.79 Å². The quantitative estimate of drug-likeness (QED) is 0.556. The Hall–Kier alpha value is -2.21. The highest BCUT2D eigenvalue weighted by Crippen LogP contribution is 2.35. The fraction of sp³-hybridized carbons (Fsp3) is 0.0909. The van der Waals surface area contributed by atoms with Gasteiger partial charge in [0.25, 0.3) is 5.91 Å². The largest absolute Gasteiger partial charge is 0.503 e. The molecule has 1 aliphatic heterocycles. The Morgan fingerprint density at radius 2 is 2.06 bits per heavy atom. The predicted octanol–water partition coefficient (Wildman–Crippen LogP) is 1.23. The lowest BCUT2D eigenvalue weighted by atomic mass is 10.1. The van der Waals surface area contributed by atoms with Crippen LogP contribution in [-0.4, -0.2) is 24.2 Å². The van der Waals surface area contributed by atoms with Crippen LogP contribution >= 0.6 is 11.6 Å². The lowest BCUT2D eigenvalue weighted by Crippen LogP contribution is -2.22. The molecule has 0 aromatic heterocycles. The van der Waals surface area contributed by atoms with E-state index in [0.717, 1.165) is 0 Å². The first-order valence-corrected chi connectivity index (χ1v) is 5.29. The van der Waals surface area contributed by atoms with Crippen molar-refractivity contribution in [2.75, 3.05) is 7.11 Å². The summed E-state index contributed by atoms with van der Waals surface area (Å²) < 4.78 is 4.93. The van der Waals surface area contributed by atoms with Gasteiger partial charge in [0.1, 0.15) is 5.70 Å². The maximum Gasteiger partial charge on any atom is 0.326 e. The van der Waals surface area contributed by atoms with Crippen LogP contribution in [0.4, 0.5) is 4.79 Å². The van der Waals surface area contributed by atoms with Gasteiger partial charge in [0.2, 0.25) is 0 Å². The van der Waals surface area contributed by atoms with Gasteiger partial charge in [0.15, 0.2) is 11.5 Å². The monoisotopic (exact) mass is 268 g/mol. The van der Waals surface area contributed by atoms with E-state index in [1.807, 2.05) is 0 Å². The van der Waals surface area contributed by atoms with Crippen molar-refractivity contribution in [2.24, 2.45) is 0 Å². The summed E-state index contributed by atoms with van der Waals surface area (Å²) in [5.41, 5.74) is 0.616. The van der Waals surface area contributed by atoms with E-state index in [1.54, 1.807) is 0 Å². The minimum Gasteiger partial charge on any atom is -0.503 e. The van der Waals surface area contributed by atoms with Crippen LogP contribution in [0.1, 0.15) is 5.56 Å². The molecule has 1 aromatic rings. The lowest BCUT2D eigenvalue weighted by Gasteiger charge is -2.06. The number of hydrogen-bond acceptors (Lipinski definition) is 4. The lowest BCUT2D eigenvalue weighted by molar-refractivity contribution is -0.115. The Bertz CT molecular complexity index is 568. The van der Waals surface area contributed by atoms with Gasteiger partial charge in [-0.15, -0.1) is 0 Å². The number of ether oxygens (including phenoxy) is 1. The fourth-order valence-corrected chi connectivity index (χ4v) is 1.70.